The van der Waals surface area contributed by atoms with Crippen LogP contribution < -0.4 is 0 Å². The molecule has 1 atom stereocenters. The molecule has 122 valence electrons. The van der Waals surface area contributed by atoms with Crippen molar-refractivity contribution in [1.82, 2.24) is 0 Å². The monoisotopic (exact) mass is 344 g/mol. The lowest BCUT2D eigenvalue weighted by Crippen LogP contribution is -2.15. The lowest BCUT2D eigenvalue weighted by atomic mass is 9.90. The van der Waals surface area contributed by atoms with E-state index in [4.69, 9.17) is 10.7 Å². The molecule has 0 aromatic heterocycles. The van der Waals surface area contributed by atoms with Crippen LogP contribution in [0.2, 0.25) is 0 Å². The lowest BCUT2D eigenvalue weighted by Gasteiger charge is -2.12. The predicted molar refractivity (Wildman–Crippen MR) is 88.0 cm³/mol. The number of carbonyl (C=O) groups excluding carboxylic acids is 2. The third-order valence-electron chi connectivity index (χ3n) is 3.54. The van der Waals surface area contributed by atoms with Crippen LogP contribution in [0.15, 0.2) is 24.3 Å². The number of hydrogen-bond donors (Lipinski definition) is 0. The van der Waals surface area contributed by atoms with E-state index in [0.29, 0.717) is 30.4 Å². The van der Waals surface area contributed by atoms with E-state index in [9.17, 15) is 18.0 Å². The Morgan fingerprint density at radius 1 is 1.09 bits per heavy atom. The summed E-state index contributed by atoms with van der Waals surface area (Å²) in [6.45, 7) is 3.28. The van der Waals surface area contributed by atoms with E-state index in [0.717, 1.165) is 6.42 Å². The fourth-order valence-electron chi connectivity index (χ4n) is 2.30. The molecule has 0 fully saturated rings. The topological polar surface area (TPSA) is 68.3 Å². The molecule has 0 heterocycles. The zero-order valence-corrected chi connectivity index (χ0v) is 14.4. The van der Waals surface area contributed by atoms with Gasteiger partial charge in [0.15, 0.2) is 11.6 Å². The average Bonchev–Trinajstić information content (AvgIpc) is 2.44. The minimum absolute atomic E-state index is 0.0376. The first-order valence-corrected chi connectivity index (χ1v) is 9.76. The number of rotatable bonds is 9. The molecule has 1 unspecified atom stereocenters. The largest absolute Gasteiger partial charge is 0.294 e. The number of benzene rings is 1. The summed E-state index contributed by atoms with van der Waals surface area (Å²) in [6, 6.07) is 6.83. The molecule has 1 aromatic carbocycles. The first-order chi connectivity index (χ1) is 10.2. The quantitative estimate of drug-likeness (QED) is 0.388. The minimum Gasteiger partial charge on any atom is -0.294 e. The second kappa shape index (κ2) is 8.44. The van der Waals surface area contributed by atoms with Crippen LogP contribution in [0.5, 0.6) is 0 Å². The van der Waals surface area contributed by atoms with Gasteiger partial charge in [-0.05, 0) is 19.8 Å². The van der Waals surface area contributed by atoms with Crippen LogP contribution in [-0.2, 0) is 9.05 Å². The van der Waals surface area contributed by atoms with Crippen LogP contribution in [0.3, 0.4) is 0 Å². The maximum Gasteiger partial charge on any atom is 0.232 e. The highest BCUT2D eigenvalue weighted by Crippen LogP contribution is 2.19. The maximum absolute atomic E-state index is 12.4. The molecule has 0 saturated carbocycles. The van der Waals surface area contributed by atoms with E-state index >= 15 is 0 Å². The van der Waals surface area contributed by atoms with Gasteiger partial charge in [0.1, 0.15) is 0 Å². The van der Waals surface area contributed by atoms with E-state index in [1.54, 1.807) is 24.3 Å². The molecule has 0 spiro atoms. The third-order valence-corrected chi connectivity index (χ3v) is 4.78. The van der Waals surface area contributed by atoms with Crippen molar-refractivity contribution in [1.29, 1.82) is 0 Å². The van der Waals surface area contributed by atoms with Crippen LogP contribution in [0.4, 0.5) is 0 Å². The summed E-state index contributed by atoms with van der Waals surface area (Å²) in [5.74, 6) is -0.406. The van der Waals surface area contributed by atoms with Crippen molar-refractivity contribution in [3.8, 4) is 0 Å². The molecular formula is C16H21ClO4S. The van der Waals surface area contributed by atoms with Crippen LogP contribution in [0.1, 0.15) is 60.2 Å². The summed E-state index contributed by atoms with van der Waals surface area (Å²) >= 11 is 0. The van der Waals surface area contributed by atoms with Crippen molar-refractivity contribution >= 4 is 31.3 Å². The van der Waals surface area contributed by atoms with E-state index in [-0.39, 0.29) is 23.2 Å². The molecule has 0 aliphatic carbocycles. The third kappa shape index (κ3) is 6.28. The highest BCUT2D eigenvalue weighted by molar-refractivity contribution is 8.13. The van der Waals surface area contributed by atoms with E-state index in [2.05, 4.69) is 0 Å². The Kier molecular flexibility index (Phi) is 7.23. The standard InChI is InChI=1S/C16H21ClO4S/c1-12(8-4-3-7-11-22(17,20)21)16(19)15-10-6-5-9-14(15)13(2)18/h5-6,9-10,12H,3-4,7-8,11H2,1-2H3. The van der Waals surface area contributed by atoms with E-state index in [1.165, 1.54) is 6.92 Å². The summed E-state index contributed by atoms with van der Waals surface area (Å²) in [5, 5.41) is 0. The second-order valence-electron chi connectivity index (χ2n) is 5.46. The summed E-state index contributed by atoms with van der Waals surface area (Å²) in [4.78, 5) is 24.0. The Hall–Kier alpha value is -1.20. The minimum atomic E-state index is -3.43. The number of carbonyl (C=O) groups is 2. The molecule has 0 N–H and O–H groups in total. The molecule has 0 saturated heterocycles. The molecule has 4 nitrogen and oxygen atoms in total. The van der Waals surface area contributed by atoms with Crippen molar-refractivity contribution in [3.05, 3.63) is 35.4 Å². The first kappa shape index (κ1) is 18.8. The van der Waals surface area contributed by atoms with Crippen LogP contribution in [0, 0.1) is 5.92 Å². The Labute approximate surface area is 136 Å². The van der Waals surface area contributed by atoms with E-state index in [1.807, 2.05) is 6.92 Å². The van der Waals surface area contributed by atoms with Gasteiger partial charge in [0.2, 0.25) is 9.05 Å². The SMILES string of the molecule is CC(=O)c1ccccc1C(=O)C(C)CCCCCS(=O)(=O)Cl. The van der Waals surface area contributed by atoms with Crippen molar-refractivity contribution in [2.45, 2.75) is 39.5 Å². The van der Waals surface area contributed by atoms with Gasteiger partial charge in [-0.15, -0.1) is 0 Å². The molecule has 0 amide bonds. The summed E-state index contributed by atoms with van der Waals surface area (Å²) in [7, 11) is 1.71. The highest BCUT2D eigenvalue weighted by atomic mass is 35.7. The van der Waals surface area contributed by atoms with Gasteiger partial charge < -0.3 is 0 Å². The zero-order chi connectivity index (χ0) is 16.8. The Bertz CT molecular complexity index is 637. The summed E-state index contributed by atoms with van der Waals surface area (Å²) in [6.07, 6.45) is 2.61. The molecule has 22 heavy (non-hydrogen) atoms. The Morgan fingerprint density at radius 3 is 2.23 bits per heavy atom. The number of hydrogen-bond acceptors (Lipinski definition) is 4. The Morgan fingerprint density at radius 2 is 1.68 bits per heavy atom. The molecule has 0 aliphatic heterocycles. The second-order valence-corrected chi connectivity index (χ2v) is 8.36. The molecular weight excluding hydrogens is 324 g/mol. The smallest absolute Gasteiger partial charge is 0.232 e. The normalized spacial score (nSPS) is 12.9. The summed E-state index contributed by atoms with van der Waals surface area (Å²) < 4.78 is 21.6. The van der Waals surface area contributed by atoms with Gasteiger partial charge in [-0.3, -0.25) is 9.59 Å². The van der Waals surface area contributed by atoms with Gasteiger partial charge in [-0.25, -0.2) is 8.42 Å². The molecule has 6 heteroatoms. The fraction of sp³-hybridized carbons (Fsp3) is 0.500. The summed E-state index contributed by atoms with van der Waals surface area (Å²) in [5.41, 5.74) is 0.915. The Balaban J connectivity index is 2.54. The molecule has 0 aliphatic rings. The van der Waals surface area contributed by atoms with E-state index < -0.39 is 9.05 Å². The zero-order valence-electron chi connectivity index (χ0n) is 12.8. The van der Waals surface area contributed by atoms with Crippen molar-refractivity contribution in [2.24, 2.45) is 5.92 Å². The lowest BCUT2D eigenvalue weighted by molar-refractivity contribution is 0.0911. The van der Waals surface area contributed by atoms with Gasteiger partial charge >= 0.3 is 0 Å². The van der Waals surface area contributed by atoms with Crippen LogP contribution >= 0.6 is 10.7 Å². The van der Waals surface area contributed by atoms with Crippen LogP contribution in [0.25, 0.3) is 0 Å². The molecule has 0 bridgehead atoms. The molecule has 1 aromatic rings. The van der Waals surface area contributed by atoms with Gasteiger partial charge in [0, 0.05) is 27.7 Å². The fourth-order valence-corrected chi connectivity index (χ4v) is 3.18. The van der Waals surface area contributed by atoms with Gasteiger partial charge in [0.25, 0.3) is 0 Å². The van der Waals surface area contributed by atoms with Gasteiger partial charge in [-0.2, -0.15) is 0 Å². The van der Waals surface area contributed by atoms with Gasteiger partial charge in [0.05, 0.1) is 5.75 Å². The van der Waals surface area contributed by atoms with Crippen molar-refractivity contribution in [2.75, 3.05) is 5.75 Å². The number of halogens is 1. The van der Waals surface area contributed by atoms with Crippen LogP contribution in [-0.4, -0.2) is 25.7 Å². The number of ketones is 2. The molecule has 0 radical (unpaired) electrons. The highest BCUT2D eigenvalue weighted by Gasteiger charge is 2.19. The maximum atomic E-state index is 12.4. The first-order valence-electron chi connectivity index (χ1n) is 7.29. The number of Topliss-reactive ketones (excluding diaryl/α,β-unsaturated/α-hetero) is 2. The molecule has 1 rings (SSSR count). The van der Waals surface area contributed by atoms with Gasteiger partial charge in [-0.1, -0.05) is 44.0 Å². The van der Waals surface area contributed by atoms with Crippen molar-refractivity contribution in [3.63, 3.8) is 0 Å². The predicted octanol–water partition coefficient (Wildman–Crippen LogP) is 3.84. The average molecular weight is 345 g/mol. The number of unbranched alkanes of at least 4 members (excludes halogenated alkanes) is 2. The van der Waals surface area contributed by atoms with Crippen molar-refractivity contribution < 1.29 is 18.0 Å².